The topological polar surface area (TPSA) is 93.7 Å². The molecule has 0 fully saturated rings. The molecule has 7 nitrogen and oxygen atoms in total. The van der Waals surface area contributed by atoms with E-state index in [2.05, 4.69) is 24.2 Å². The Morgan fingerprint density at radius 1 is 1.55 bits per heavy atom. The third-order valence-electron chi connectivity index (χ3n) is 3.24. The number of nitro benzene ring substituents is 1. The molecule has 0 spiro atoms. The van der Waals surface area contributed by atoms with Gasteiger partial charge in [0.1, 0.15) is 5.69 Å². The van der Waals surface area contributed by atoms with Crippen LogP contribution in [-0.2, 0) is 11.3 Å². The smallest absolute Gasteiger partial charge is 0.293 e. The van der Waals surface area contributed by atoms with Gasteiger partial charge in [-0.25, -0.2) is 0 Å². The van der Waals surface area contributed by atoms with Crippen LogP contribution in [0.4, 0.5) is 11.4 Å². The number of likely N-dealkylation sites (N-methyl/N-ethyl adjacent to an activating group) is 1. The zero-order valence-electron chi connectivity index (χ0n) is 12.1. The van der Waals surface area contributed by atoms with E-state index >= 15 is 0 Å². The van der Waals surface area contributed by atoms with Crippen LogP contribution in [0.15, 0.2) is 18.2 Å². The van der Waals surface area contributed by atoms with Crippen LogP contribution >= 0.6 is 0 Å². The molecule has 0 aliphatic carbocycles. The number of benzene rings is 1. The van der Waals surface area contributed by atoms with Gasteiger partial charge in [-0.05, 0) is 25.1 Å². The SMILES string of the molecule is CCN(Cc1ccc(NN)c([N+](=O)[O-])c1)C(C)COC. The van der Waals surface area contributed by atoms with Gasteiger partial charge in [0.15, 0.2) is 0 Å². The predicted molar refractivity (Wildman–Crippen MR) is 78.3 cm³/mol. The normalized spacial score (nSPS) is 12.4. The van der Waals surface area contributed by atoms with E-state index < -0.39 is 4.92 Å². The molecule has 3 N–H and O–H groups in total. The van der Waals surface area contributed by atoms with E-state index in [0.717, 1.165) is 12.1 Å². The summed E-state index contributed by atoms with van der Waals surface area (Å²) in [5, 5.41) is 11.0. The molecule has 1 aromatic carbocycles. The Labute approximate surface area is 118 Å². The number of nitrogens with one attached hydrogen (secondary N) is 1. The minimum absolute atomic E-state index is 0.0135. The Balaban J connectivity index is 2.91. The second-order valence-corrected chi connectivity index (χ2v) is 4.62. The molecule has 1 unspecified atom stereocenters. The zero-order chi connectivity index (χ0) is 15.1. The number of rotatable bonds is 8. The van der Waals surface area contributed by atoms with Crippen LogP contribution in [0.1, 0.15) is 19.4 Å². The Bertz CT molecular complexity index is 453. The summed E-state index contributed by atoms with van der Waals surface area (Å²) in [6.45, 7) is 6.22. The van der Waals surface area contributed by atoms with Crippen LogP contribution in [0.2, 0.25) is 0 Å². The average Bonchev–Trinajstić information content (AvgIpc) is 2.44. The molecule has 1 aromatic rings. The first-order valence-electron chi connectivity index (χ1n) is 6.50. The van der Waals surface area contributed by atoms with Gasteiger partial charge in [-0.2, -0.15) is 0 Å². The molecular weight excluding hydrogens is 260 g/mol. The van der Waals surface area contributed by atoms with Gasteiger partial charge in [0.2, 0.25) is 0 Å². The molecule has 0 radical (unpaired) electrons. The van der Waals surface area contributed by atoms with Crippen LogP contribution in [-0.4, -0.2) is 36.1 Å². The number of ether oxygens (including phenoxy) is 1. The van der Waals surface area contributed by atoms with Crippen LogP contribution in [0.25, 0.3) is 0 Å². The van der Waals surface area contributed by atoms with E-state index in [1.54, 1.807) is 19.2 Å². The maximum Gasteiger partial charge on any atom is 0.293 e. The minimum Gasteiger partial charge on any atom is -0.383 e. The quantitative estimate of drug-likeness (QED) is 0.428. The number of nitrogens with two attached hydrogens (primary N) is 1. The van der Waals surface area contributed by atoms with Crippen molar-refractivity contribution in [1.82, 2.24) is 4.90 Å². The van der Waals surface area contributed by atoms with Gasteiger partial charge in [-0.1, -0.05) is 13.0 Å². The van der Waals surface area contributed by atoms with Gasteiger partial charge >= 0.3 is 0 Å². The lowest BCUT2D eigenvalue weighted by atomic mass is 10.1. The largest absolute Gasteiger partial charge is 0.383 e. The molecule has 0 bridgehead atoms. The lowest BCUT2D eigenvalue weighted by molar-refractivity contribution is -0.384. The van der Waals surface area contributed by atoms with Crippen molar-refractivity contribution in [2.24, 2.45) is 5.84 Å². The molecule has 0 amide bonds. The van der Waals surface area contributed by atoms with E-state index in [0.29, 0.717) is 18.8 Å². The molecule has 0 heterocycles. The number of hydrogen-bond acceptors (Lipinski definition) is 6. The molecule has 0 saturated heterocycles. The molecule has 0 aliphatic heterocycles. The molecule has 1 rings (SSSR count). The minimum atomic E-state index is -0.437. The van der Waals surface area contributed by atoms with E-state index in [9.17, 15) is 10.1 Å². The van der Waals surface area contributed by atoms with Crippen molar-refractivity contribution < 1.29 is 9.66 Å². The van der Waals surface area contributed by atoms with Gasteiger partial charge in [0, 0.05) is 25.8 Å². The lowest BCUT2D eigenvalue weighted by Crippen LogP contribution is -2.35. The second kappa shape index (κ2) is 7.78. The van der Waals surface area contributed by atoms with E-state index in [4.69, 9.17) is 10.6 Å². The van der Waals surface area contributed by atoms with Crippen LogP contribution < -0.4 is 11.3 Å². The van der Waals surface area contributed by atoms with Crippen LogP contribution in [0, 0.1) is 10.1 Å². The van der Waals surface area contributed by atoms with Crippen molar-refractivity contribution >= 4 is 11.4 Å². The Kier molecular flexibility index (Phi) is 6.37. The fourth-order valence-corrected chi connectivity index (χ4v) is 2.11. The standard InChI is InChI=1S/C13H22N4O3/c1-4-16(10(2)9-20-3)8-11-5-6-12(15-14)13(7-11)17(18)19/h5-7,10,15H,4,8-9,14H2,1-3H3. The maximum atomic E-state index is 11.0. The first kappa shape index (κ1) is 16.4. The fourth-order valence-electron chi connectivity index (χ4n) is 2.11. The van der Waals surface area contributed by atoms with Crippen LogP contribution in [0.5, 0.6) is 0 Å². The highest BCUT2D eigenvalue weighted by atomic mass is 16.6. The van der Waals surface area contributed by atoms with Gasteiger partial charge in [0.25, 0.3) is 5.69 Å². The summed E-state index contributed by atoms with van der Waals surface area (Å²) in [7, 11) is 1.66. The molecule has 0 aliphatic rings. The van der Waals surface area contributed by atoms with E-state index in [-0.39, 0.29) is 11.7 Å². The molecule has 20 heavy (non-hydrogen) atoms. The molecule has 0 saturated carbocycles. The number of nitrogens with zero attached hydrogens (tertiary/aromatic N) is 2. The first-order valence-corrected chi connectivity index (χ1v) is 6.50. The van der Waals surface area contributed by atoms with Gasteiger partial charge < -0.3 is 10.2 Å². The number of nitrogen functional groups attached to an aromatic ring is 1. The highest BCUT2D eigenvalue weighted by Gasteiger charge is 2.17. The number of nitro groups is 1. The van der Waals surface area contributed by atoms with Crippen molar-refractivity contribution in [3.8, 4) is 0 Å². The van der Waals surface area contributed by atoms with Crippen molar-refractivity contribution in [3.05, 3.63) is 33.9 Å². The average molecular weight is 282 g/mol. The number of hydrogen-bond donors (Lipinski definition) is 2. The monoisotopic (exact) mass is 282 g/mol. The number of hydrazine groups is 1. The number of methoxy groups -OCH3 is 1. The summed E-state index contributed by atoms with van der Waals surface area (Å²) in [6, 6.07) is 5.26. The van der Waals surface area contributed by atoms with Crippen molar-refractivity contribution in [2.45, 2.75) is 26.4 Å². The molecule has 7 heteroatoms. The summed E-state index contributed by atoms with van der Waals surface area (Å²) < 4.78 is 5.15. The van der Waals surface area contributed by atoms with Gasteiger partial charge in [0.05, 0.1) is 11.5 Å². The van der Waals surface area contributed by atoms with Gasteiger partial charge in [-0.3, -0.25) is 20.9 Å². The first-order chi connectivity index (χ1) is 9.53. The van der Waals surface area contributed by atoms with Crippen LogP contribution in [0.3, 0.4) is 0 Å². The summed E-state index contributed by atoms with van der Waals surface area (Å²) in [4.78, 5) is 12.8. The highest BCUT2D eigenvalue weighted by Crippen LogP contribution is 2.25. The predicted octanol–water partition coefficient (Wildman–Crippen LogP) is 1.74. The molecular formula is C13H22N4O3. The fraction of sp³-hybridized carbons (Fsp3) is 0.538. The molecule has 112 valence electrons. The van der Waals surface area contributed by atoms with Gasteiger partial charge in [-0.15, -0.1) is 0 Å². The third kappa shape index (κ3) is 4.16. The zero-order valence-corrected chi connectivity index (χ0v) is 12.1. The summed E-state index contributed by atoms with van der Waals surface area (Å²) in [5.41, 5.74) is 3.51. The summed E-state index contributed by atoms with van der Waals surface area (Å²) in [6.07, 6.45) is 0. The molecule has 1 atom stereocenters. The van der Waals surface area contributed by atoms with Crippen molar-refractivity contribution in [3.63, 3.8) is 0 Å². The van der Waals surface area contributed by atoms with Crippen molar-refractivity contribution in [2.75, 3.05) is 25.7 Å². The highest BCUT2D eigenvalue weighted by molar-refractivity contribution is 5.61. The molecule has 0 aromatic heterocycles. The maximum absolute atomic E-state index is 11.0. The summed E-state index contributed by atoms with van der Waals surface area (Å²) >= 11 is 0. The number of anilines is 1. The third-order valence-corrected chi connectivity index (χ3v) is 3.24. The van der Waals surface area contributed by atoms with Crippen molar-refractivity contribution in [1.29, 1.82) is 0 Å². The lowest BCUT2D eigenvalue weighted by Gasteiger charge is -2.27. The second-order valence-electron chi connectivity index (χ2n) is 4.62. The Morgan fingerprint density at radius 2 is 2.25 bits per heavy atom. The Hall–Kier alpha value is -1.70. The van der Waals surface area contributed by atoms with E-state index in [1.165, 1.54) is 0 Å². The van der Waals surface area contributed by atoms with E-state index in [1.807, 2.05) is 6.07 Å². The Morgan fingerprint density at radius 3 is 2.75 bits per heavy atom. The summed E-state index contributed by atoms with van der Waals surface area (Å²) in [5.74, 6) is 5.27.